The summed E-state index contributed by atoms with van der Waals surface area (Å²) in [6, 6.07) is 4.07. The van der Waals surface area contributed by atoms with Crippen LogP contribution < -0.4 is 0 Å². The van der Waals surface area contributed by atoms with Crippen LogP contribution in [0.5, 0.6) is 0 Å². The first-order chi connectivity index (χ1) is 11.2. The molecule has 0 spiro atoms. The minimum absolute atomic E-state index is 0.327. The SMILES string of the molecule is Cc1ccc(CN2Cc3nnn(C)c3C(COCC3CC3)C2)o1. The fourth-order valence-corrected chi connectivity index (χ4v) is 3.40. The zero-order valence-electron chi connectivity index (χ0n) is 13.9. The van der Waals surface area contributed by atoms with Gasteiger partial charge in [0.25, 0.3) is 0 Å². The molecule has 23 heavy (non-hydrogen) atoms. The van der Waals surface area contributed by atoms with E-state index in [-0.39, 0.29) is 0 Å². The van der Waals surface area contributed by atoms with Crippen LogP contribution in [0.15, 0.2) is 16.5 Å². The van der Waals surface area contributed by atoms with E-state index < -0.39 is 0 Å². The molecule has 1 aliphatic heterocycles. The largest absolute Gasteiger partial charge is 0.465 e. The van der Waals surface area contributed by atoms with Crippen molar-refractivity contribution in [2.75, 3.05) is 19.8 Å². The number of hydrogen-bond donors (Lipinski definition) is 0. The standard InChI is InChI=1S/C17H24N4O2/c1-12-3-6-15(23-12)8-21-7-14(11-22-10-13-4-5-13)17-16(9-21)18-19-20(17)2/h3,6,13-14H,4-5,7-11H2,1-2H3. The van der Waals surface area contributed by atoms with E-state index in [9.17, 15) is 0 Å². The van der Waals surface area contributed by atoms with Crippen molar-refractivity contribution in [3.05, 3.63) is 35.0 Å². The van der Waals surface area contributed by atoms with Gasteiger partial charge >= 0.3 is 0 Å². The van der Waals surface area contributed by atoms with Gasteiger partial charge in [-0.05, 0) is 37.8 Å². The van der Waals surface area contributed by atoms with E-state index in [4.69, 9.17) is 9.15 Å². The molecule has 1 aliphatic carbocycles. The molecule has 124 valence electrons. The molecule has 1 saturated carbocycles. The molecule has 0 bridgehead atoms. The van der Waals surface area contributed by atoms with Crippen LogP contribution in [0.1, 0.15) is 41.7 Å². The number of hydrogen-bond acceptors (Lipinski definition) is 5. The number of fused-ring (bicyclic) bond motifs is 1. The van der Waals surface area contributed by atoms with E-state index in [1.165, 1.54) is 18.5 Å². The zero-order chi connectivity index (χ0) is 15.8. The minimum Gasteiger partial charge on any atom is -0.465 e. The third-order valence-corrected chi connectivity index (χ3v) is 4.73. The Kier molecular flexibility index (Phi) is 3.95. The predicted octanol–water partition coefficient (Wildman–Crippen LogP) is 2.24. The maximum atomic E-state index is 5.96. The summed E-state index contributed by atoms with van der Waals surface area (Å²) in [6.45, 7) is 6.21. The minimum atomic E-state index is 0.327. The van der Waals surface area contributed by atoms with Crippen molar-refractivity contribution in [1.82, 2.24) is 19.9 Å². The smallest absolute Gasteiger partial charge is 0.118 e. The molecule has 6 nitrogen and oxygen atoms in total. The molecule has 2 aromatic heterocycles. The van der Waals surface area contributed by atoms with Crippen molar-refractivity contribution in [2.45, 2.75) is 38.8 Å². The van der Waals surface area contributed by atoms with Crippen LogP contribution in [0.2, 0.25) is 0 Å². The molecule has 1 fully saturated rings. The van der Waals surface area contributed by atoms with Crippen LogP contribution in [0, 0.1) is 12.8 Å². The van der Waals surface area contributed by atoms with E-state index in [0.29, 0.717) is 5.92 Å². The number of furan rings is 1. The molecule has 1 unspecified atom stereocenters. The highest BCUT2D eigenvalue weighted by Crippen LogP contribution is 2.31. The molecule has 2 aromatic rings. The summed E-state index contributed by atoms with van der Waals surface area (Å²) >= 11 is 0. The molecule has 0 aromatic carbocycles. The van der Waals surface area contributed by atoms with Crippen molar-refractivity contribution >= 4 is 0 Å². The Balaban J connectivity index is 1.45. The second-order valence-corrected chi connectivity index (χ2v) is 6.90. The monoisotopic (exact) mass is 316 g/mol. The lowest BCUT2D eigenvalue weighted by molar-refractivity contribution is 0.0849. The topological polar surface area (TPSA) is 56.3 Å². The quantitative estimate of drug-likeness (QED) is 0.818. The lowest BCUT2D eigenvalue weighted by Gasteiger charge is -2.31. The molecule has 0 radical (unpaired) electrons. The average molecular weight is 316 g/mol. The van der Waals surface area contributed by atoms with Crippen molar-refractivity contribution in [2.24, 2.45) is 13.0 Å². The average Bonchev–Trinajstić information content (AvgIpc) is 3.15. The van der Waals surface area contributed by atoms with Gasteiger partial charge in [0.15, 0.2) is 0 Å². The lowest BCUT2D eigenvalue weighted by Crippen LogP contribution is -2.36. The molecular formula is C17H24N4O2. The van der Waals surface area contributed by atoms with E-state index in [2.05, 4.69) is 21.3 Å². The Labute approximate surface area is 136 Å². The highest BCUT2D eigenvalue weighted by atomic mass is 16.5. The van der Waals surface area contributed by atoms with Crippen LogP contribution >= 0.6 is 0 Å². The summed E-state index contributed by atoms with van der Waals surface area (Å²) in [6.07, 6.45) is 2.65. The number of aryl methyl sites for hydroxylation is 2. The maximum absolute atomic E-state index is 5.96. The molecule has 0 N–H and O–H groups in total. The number of nitrogens with zero attached hydrogens (tertiary/aromatic N) is 4. The Morgan fingerprint density at radius 3 is 2.91 bits per heavy atom. The Bertz CT molecular complexity index is 674. The first-order valence-corrected chi connectivity index (χ1v) is 8.43. The van der Waals surface area contributed by atoms with Gasteiger partial charge in [-0.1, -0.05) is 5.21 Å². The number of ether oxygens (including phenoxy) is 1. The molecule has 0 saturated heterocycles. The summed E-state index contributed by atoms with van der Waals surface area (Å²) in [5.74, 6) is 3.09. The van der Waals surface area contributed by atoms with Crippen molar-refractivity contribution in [3.8, 4) is 0 Å². The Morgan fingerprint density at radius 2 is 2.17 bits per heavy atom. The normalized spacial score (nSPS) is 21.6. The summed E-state index contributed by atoms with van der Waals surface area (Å²) < 4.78 is 13.6. The van der Waals surface area contributed by atoms with Gasteiger partial charge in [0.2, 0.25) is 0 Å². The van der Waals surface area contributed by atoms with E-state index in [0.717, 1.165) is 56.0 Å². The maximum Gasteiger partial charge on any atom is 0.118 e. The molecule has 1 atom stereocenters. The van der Waals surface area contributed by atoms with Gasteiger partial charge in [0, 0.05) is 32.7 Å². The van der Waals surface area contributed by atoms with Crippen LogP contribution in [0.4, 0.5) is 0 Å². The van der Waals surface area contributed by atoms with E-state index in [1.54, 1.807) is 0 Å². The zero-order valence-corrected chi connectivity index (χ0v) is 13.9. The first kappa shape index (κ1) is 14.9. The highest BCUT2D eigenvalue weighted by Gasteiger charge is 2.31. The molecule has 2 aliphatic rings. The van der Waals surface area contributed by atoms with Crippen LogP contribution in [-0.2, 0) is 24.9 Å². The van der Waals surface area contributed by atoms with Crippen molar-refractivity contribution in [1.29, 1.82) is 0 Å². The van der Waals surface area contributed by atoms with E-state index >= 15 is 0 Å². The highest BCUT2D eigenvalue weighted by molar-refractivity contribution is 5.20. The summed E-state index contributed by atoms with van der Waals surface area (Å²) in [5, 5.41) is 8.55. The third kappa shape index (κ3) is 3.33. The molecule has 4 rings (SSSR count). The van der Waals surface area contributed by atoms with Gasteiger partial charge in [0.05, 0.1) is 18.8 Å². The fraction of sp³-hybridized carbons (Fsp3) is 0.647. The molecule has 3 heterocycles. The van der Waals surface area contributed by atoms with Crippen LogP contribution in [0.3, 0.4) is 0 Å². The fourth-order valence-electron chi connectivity index (χ4n) is 3.40. The molecule has 0 amide bonds. The van der Waals surface area contributed by atoms with Crippen LogP contribution in [-0.4, -0.2) is 39.7 Å². The molecule has 6 heteroatoms. The molecular weight excluding hydrogens is 292 g/mol. The number of aromatic nitrogens is 3. The van der Waals surface area contributed by atoms with Crippen molar-refractivity contribution < 1.29 is 9.15 Å². The van der Waals surface area contributed by atoms with Gasteiger partial charge in [0.1, 0.15) is 17.2 Å². The van der Waals surface area contributed by atoms with Crippen molar-refractivity contribution in [3.63, 3.8) is 0 Å². The third-order valence-electron chi connectivity index (χ3n) is 4.73. The van der Waals surface area contributed by atoms with Crippen LogP contribution in [0.25, 0.3) is 0 Å². The van der Waals surface area contributed by atoms with Gasteiger partial charge in [-0.3, -0.25) is 9.58 Å². The number of rotatable bonds is 6. The summed E-state index contributed by atoms with van der Waals surface area (Å²) in [7, 11) is 1.98. The predicted molar refractivity (Wildman–Crippen MR) is 84.8 cm³/mol. The first-order valence-electron chi connectivity index (χ1n) is 8.43. The van der Waals surface area contributed by atoms with Gasteiger partial charge in [-0.2, -0.15) is 0 Å². The van der Waals surface area contributed by atoms with Gasteiger partial charge < -0.3 is 9.15 Å². The summed E-state index contributed by atoms with van der Waals surface area (Å²) in [4.78, 5) is 2.38. The Morgan fingerprint density at radius 1 is 1.30 bits per heavy atom. The second kappa shape index (κ2) is 6.09. The van der Waals surface area contributed by atoms with Gasteiger partial charge in [-0.15, -0.1) is 5.10 Å². The lowest BCUT2D eigenvalue weighted by atomic mass is 9.99. The van der Waals surface area contributed by atoms with Gasteiger partial charge in [-0.25, -0.2) is 0 Å². The summed E-state index contributed by atoms with van der Waals surface area (Å²) in [5.41, 5.74) is 2.30. The van der Waals surface area contributed by atoms with E-state index in [1.807, 2.05) is 24.7 Å². The Hall–Kier alpha value is -1.66. The second-order valence-electron chi connectivity index (χ2n) is 6.90.